The van der Waals surface area contributed by atoms with Crippen molar-refractivity contribution in [2.45, 2.75) is 64.5 Å². The molecule has 0 spiro atoms. The van der Waals surface area contributed by atoms with Crippen molar-refractivity contribution in [3.63, 3.8) is 0 Å². The van der Waals surface area contributed by atoms with E-state index in [4.69, 9.17) is 4.74 Å². The smallest absolute Gasteiger partial charge is 0.262 e. The minimum atomic E-state index is -3.14. The number of benzene rings is 1. The standard InChI is InChI=1S/C28H35F2N3O4S2/c1-17(37-4)23-22(16-31-27-24(23)32-18(2)38-27)7-5-6-19-8-10-20(11-9-19)25(26(29)30)33(3)28(34)21-12-14-39(35,36)15-13-21/h8-11,16-17,21,25-26H,5-7,12-15H2,1-4H3/t17-,25-/m0/s1. The Morgan fingerprint density at radius 3 is 2.46 bits per heavy atom. The van der Waals surface area contributed by atoms with E-state index in [1.807, 2.05) is 32.2 Å². The Hall–Kier alpha value is -2.50. The SMILES string of the molecule is CO[C@@H](C)c1c(CCCc2ccc([C@@H](C(F)F)N(C)C(=O)C3CCS(=O)(=O)CC3)cc2)cnc2sc(C)nc12. The van der Waals surface area contributed by atoms with Gasteiger partial charge in [-0.3, -0.25) is 4.79 Å². The number of hydrogen-bond donors (Lipinski definition) is 0. The fraction of sp³-hybridized carbons (Fsp3) is 0.536. The zero-order valence-electron chi connectivity index (χ0n) is 22.7. The molecule has 1 aliphatic heterocycles. The Balaban J connectivity index is 1.42. The van der Waals surface area contributed by atoms with Crippen LogP contribution in [0.2, 0.25) is 0 Å². The van der Waals surface area contributed by atoms with Crippen LogP contribution < -0.4 is 0 Å². The summed E-state index contributed by atoms with van der Waals surface area (Å²) in [7, 11) is -0.0846. The third-order valence-electron chi connectivity index (χ3n) is 7.56. The van der Waals surface area contributed by atoms with Crippen molar-refractivity contribution in [1.82, 2.24) is 14.9 Å². The number of alkyl halides is 2. The zero-order valence-corrected chi connectivity index (χ0v) is 24.3. The predicted molar refractivity (Wildman–Crippen MR) is 149 cm³/mol. The van der Waals surface area contributed by atoms with E-state index in [2.05, 4.69) is 9.97 Å². The highest BCUT2D eigenvalue weighted by atomic mass is 32.2. The minimum Gasteiger partial charge on any atom is -0.377 e. The van der Waals surface area contributed by atoms with Crippen LogP contribution in [0.1, 0.15) is 65.6 Å². The van der Waals surface area contributed by atoms with Gasteiger partial charge in [0, 0.05) is 31.8 Å². The number of carbonyl (C=O) groups is 1. The number of halogens is 2. The third kappa shape index (κ3) is 6.81. The monoisotopic (exact) mass is 579 g/mol. The molecule has 4 rings (SSSR count). The van der Waals surface area contributed by atoms with Gasteiger partial charge >= 0.3 is 0 Å². The summed E-state index contributed by atoms with van der Waals surface area (Å²) in [5.41, 5.74) is 4.41. The Bertz CT molecular complexity index is 1400. The maximum absolute atomic E-state index is 14.1. The molecule has 0 bridgehead atoms. The molecule has 0 unspecified atom stereocenters. The van der Waals surface area contributed by atoms with Gasteiger partial charge in [0.15, 0.2) is 0 Å². The molecule has 212 valence electrons. The third-order valence-corrected chi connectivity index (χ3v) is 10.1. The van der Waals surface area contributed by atoms with Crippen molar-refractivity contribution in [3.8, 4) is 0 Å². The van der Waals surface area contributed by atoms with Crippen molar-refractivity contribution in [1.29, 1.82) is 0 Å². The van der Waals surface area contributed by atoms with Crippen molar-refractivity contribution in [2.75, 3.05) is 25.7 Å². The Kier molecular flexibility index (Phi) is 9.33. The molecule has 7 nitrogen and oxygen atoms in total. The van der Waals surface area contributed by atoms with Gasteiger partial charge in [-0.15, -0.1) is 0 Å². The van der Waals surface area contributed by atoms with Gasteiger partial charge in [-0.25, -0.2) is 27.2 Å². The number of fused-ring (bicyclic) bond motifs is 1. The topological polar surface area (TPSA) is 89.5 Å². The molecule has 11 heteroatoms. The molecule has 2 atom stereocenters. The second-order valence-electron chi connectivity index (χ2n) is 10.2. The number of pyridine rings is 1. The van der Waals surface area contributed by atoms with Crippen LogP contribution in [-0.4, -0.2) is 61.3 Å². The molecular weight excluding hydrogens is 544 g/mol. The first-order valence-electron chi connectivity index (χ1n) is 13.1. The Labute approximate surface area is 232 Å². The molecule has 0 aliphatic carbocycles. The number of hydrogen-bond acceptors (Lipinski definition) is 7. The predicted octanol–water partition coefficient (Wildman–Crippen LogP) is 5.47. The average Bonchev–Trinajstić information content (AvgIpc) is 3.28. The van der Waals surface area contributed by atoms with Gasteiger partial charge in [-0.1, -0.05) is 35.6 Å². The minimum absolute atomic E-state index is 0.0789. The Morgan fingerprint density at radius 1 is 1.18 bits per heavy atom. The fourth-order valence-corrected chi connectivity index (χ4v) is 7.54. The first kappa shape index (κ1) is 29.5. The van der Waals surface area contributed by atoms with Crippen LogP contribution in [0, 0.1) is 12.8 Å². The van der Waals surface area contributed by atoms with E-state index in [1.165, 1.54) is 7.05 Å². The van der Waals surface area contributed by atoms with Gasteiger partial charge in [0.25, 0.3) is 6.43 Å². The van der Waals surface area contributed by atoms with E-state index >= 15 is 0 Å². The molecule has 2 aromatic heterocycles. The van der Waals surface area contributed by atoms with Gasteiger partial charge < -0.3 is 9.64 Å². The lowest BCUT2D eigenvalue weighted by Crippen LogP contribution is -2.41. The fourth-order valence-electron chi connectivity index (χ4n) is 5.27. The molecule has 39 heavy (non-hydrogen) atoms. The number of aryl methyl sites for hydroxylation is 3. The summed E-state index contributed by atoms with van der Waals surface area (Å²) in [4.78, 5) is 24.2. The zero-order chi connectivity index (χ0) is 28.3. The van der Waals surface area contributed by atoms with Crippen molar-refractivity contribution >= 4 is 37.4 Å². The van der Waals surface area contributed by atoms with E-state index in [0.717, 1.165) is 56.2 Å². The summed E-state index contributed by atoms with van der Waals surface area (Å²) in [5, 5.41) is 0.959. The molecule has 0 N–H and O–H groups in total. The molecule has 0 saturated carbocycles. The molecule has 0 radical (unpaired) electrons. The van der Waals surface area contributed by atoms with Gasteiger partial charge in [0.2, 0.25) is 5.91 Å². The summed E-state index contributed by atoms with van der Waals surface area (Å²) in [6.07, 6.45) is 1.73. The van der Waals surface area contributed by atoms with Crippen LogP contribution in [0.25, 0.3) is 10.3 Å². The van der Waals surface area contributed by atoms with Gasteiger partial charge in [0.1, 0.15) is 26.2 Å². The lowest BCUT2D eigenvalue weighted by Gasteiger charge is -2.32. The van der Waals surface area contributed by atoms with Crippen molar-refractivity contribution in [2.24, 2.45) is 5.92 Å². The van der Waals surface area contributed by atoms with Crippen LogP contribution in [0.4, 0.5) is 8.78 Å². The summed E-state index contributed by atoms with van der Waals surface area (Å²) in [5.74, 6) is -1.14. The number of aromatic nitrogens is 2. The number of carbonyl (C=O) groups excluding carboxylic acids is 1. The molecule has 1 amide bonds. The first-order valence-corrected chi connectivity index (χ1v) is 15.8. The summed E-state index contributed by atoms with van der Waals surface area (Å²) < 4.78 is 57.2. The van der Waals surface area contributed by atoms with Crippen molar-refractivity contribution in [3.05, 3.63) is 57.7 Å². The van der Waals surface area contributed by atoms with Crippen LogP contribution in [0.3, 0.4) is 0 Å². The Morgan fingerprint density at radius 2 is 1.85 bits per heavy atom. The van der Waals surface area contributed by atoms with Gasteiger partial charge in [0.05, 0.1) is 22.6 Å². The number of thiazole rings is 1. The quantitative estimate of drug-likeness (QED) is 0.316. The first-order chi connectivity index (χ1) is 18.5. The molecule has 1 fully saturated rings. The number of nitrogens with zero attached hydrogens (tertiary/aromatic N) is 3. The number of methoxy groups -OCH3 is 1. The highest BCUT2D eigenvalue weighted by Gasteiger charge is 2.36. The molecule has 1 aliphatic rings. The summed E-state index contributed by atoms with van der Waals surface area (Å²) in [6.45, 7) is 3.97. The number of amides is 1. The van der Waals surface area contributed by atoms with Gasteiger partial charge in [-0.05, 0) is 62.6 Å². The van der Waals surface area contributed by atoms with Crippen molar-refractivity contribution < 1.29 is 26.7 Å². The van der Waals surface area contributed by atoms with E-state index in [-0.39, 0.29) is 30.5 Å². The average molecular weight is 580 g/mol. The summed E-state index contributed by atoms with van der Waals surface area (Å²) in [6, 6.07) is 5.60. The maximum Gasteiger partial charge on any atom is 0.262 e. The highest BCUT2D eigenvalue weighted by molar-refractivity contribution is 7.91. The molecule has 3 heterocycles. The number of ether oxygens (including phenoxy) is 1. The van der Waals surface area contributed by atoms with Crippen LogP contribution >= 0.6 is 11.3 Å². The lowest BCUT2D eigenvalue weighted by molar-refractivity contribution is -0.140. The second kappa shape index (κ2) is 12.3. The van der Waals surface area contributed by atoms with E-state index in [0.29, 0.717) is 5.56 Å². The number of sulfone groups is 1. The summed E-state index contributed by atoms with van der Waals surface area (Å²) >= 11 is 1.56. The lowest BCUT2D eigenvalue weighted by atomic mass is 9.96. The van der Waals surface area contributed by atoms with Crippen LogP contribution in [0.15, 0.2) is 30.5 Å². The normalized spacial score (nSPS) is 17.4. The maximum atomic E-state index is 14.1. The molecule has 1 aromatic carbocycles. The van der Waals surface area contributed by atoms with E-state index in [9.17, 15) is 22.0 Å². The van der Waals surface area contributed by atoms with Gasteiger partial charge in [-0.2, -0.15) is 0 Å². The largest absolute Gasteiger partial charge is 0.377 e. The van der Waals surface area contributed by atoms with E-state index in [1.54, 1.807) is 30.6 Å². The molecular formula is C28H35F2N3O4S2. The molecule has 1 saturated heterocycles. The van der Waals surface area contributed by atoms with Crippen LogP contribution in [-0.2, 0) is 32.2 Å². The second-order valence-corrected chi connectivity index (χ2v) is 13.7. The molecule has 3 aromatic rings. The highest BCUT2D eigenvalue weighted by Crippen LogP contribution is 2.33. The van der Waals surface area contributed by atoms with Crippen LogP contribution in [0.5, 0.6) is 0 Å². The number of rotatable bonds is 10. The van der Waals surface area contributed by atoms with E-state index < -0.39 is 34.1 Å².